The van der Waals surface area contributed by atoms with Crippen molar-refractivity contribution in [3.8, 4) is 5.75 Å². The predicted octanol–water partition coefficient (Wildman–Crippen LogP) is 3.75. The molecular weight excluding hydrogens is 360 g/mol. The lowest BCUT2D eigenvalue weighted by molar-refractivity contribution is -0.123. The number of carbonyl (C=O) groups excluding carboxylic acids is 2. The standard InChI is InChI=1S/C21H20N2O5/c1-14-12-19(23-28-14)22-20(24)15(2)27-21(25)17-10-6-7-11-18(17)26-13-16-8-4-3-5-9-16/h3-12,15H,13H2,1-2H3,(H,22,23,24). The van der Waals surface area contributed by atoms with Crippen LogP contribution in [0.1, 0.15) is 28.6 Å². The maximum Gasteiger partial charge on any atom is 0.342 e. The molecule has 0 aliphatic rings. The summed E-state index contributed by atoms with van der Waals surface area (Å²) in [4.78, 5) is 24.7. The Morgan fingerprint density at radius 1 is 1.11 bits per heavy atom. The van der Waals surface area contributed by atoms with E-state index in [4.69, 9.17) is 14.0 Å². The molecule has 0 saturated heterocycles. The number of ether oxygens (including phenoxy) is 2. The molecule has 7 nitrogen and oxygen atoms in total. The van der Waals surface area contributed by atoms with E-state index in [0.29, 0.717) is 18.1 Å². The normalized spacial score (nSPS) is 11.5. The summed E-state index contributed by atoms with van der Waals surface area (Å²) in [5.74, 6) is 0.0458. The van der Waals surface area contributed by atoms with Gasteiger partial charge in [-0.3, -0.25) is 4.79 Å². The monoisotopic (exact) mass is 380 g/mol. The molecule has 7 heteroatoms. The number of amides is 1. The molecule has 0 saturated carbocycles. The molecule has 1 aromatic heterocycles. The van der Waals surface area contributed by atoms with Gasteiger partial charge in [0.05, 0.1) is 0 Å². The van der Waals surface area contributed by atoms with Crippen LogP contribution >= 0.6 is 0 Å². The quantitative estimate of drug-likeness (QED) is 0.628. The lowest BCUT2D eigenvalue weighted by atomic mass is 10.2. The molecule has 0 bridgehead atoms. The van der Waals surface area contributed by atoms with Crippen LogP contribution in [0.15, 0.2) is 65.2 Å². The number of carbonyl (C=O) groups is 2. The minimum Gasteiger partial charge on any atom is -0.488 e. The Bertz CT molecular complexity index is 952. The van der Waals surface area contributed by atoms with Gasteiger partial charge in [-0.15, -0.1) is 0 Å². The summed E-state index contributed by atoms with van der Waals surface area (Å²) in [6, 6.07) is 17.9. The molecule has 3 rings (SSSR count). The third kappa shape index (κ3) is 4.97. The van der Waals surface area contributed by atoms with Gasteiger partial charge in [0.2, 0.25) is 0 Å². The Labute approximate surface area is 162 Å². The van der Waals surface area contributed by atoms with E-state index in [1.165, 1.54) is 6.92 Å². The smallest absolute Gasteiger partial charge is 0.342 e. The van der Waals surface area contributed by atoms with Gasteiger partial charge >= 0.3 is 5.97 Å². The average Bonchev–Trinajstić information content (AvgIpc) is 3.11. The van der Waals surface area contributed by atoms with E-state index < -0.39 is 18.0 Å². The first-order valence-corrected chi connectivity index (χ1v) is 8.74. The molecule has 28 heavy (non-hydrogen) atoms. The third-order valence-corrected chi connectivity index (χ3v) is 3.88. The van der Waals surface area contributed by atoms with Crippen LogP contribution in [-0.4, -0.2) is 23.1 Å². The zero-order valence-corrected chi connectivity index (χ0v) is 15.5. The Hall–Kier alpha value is -3.61. The third-order valence-electron chi connectivity index (χ3n) is 3.88. The maximum atomic E-state index is 12.5. The van der Waals surface area contributed by atoms with E-state index in [2.05, 4.69) is 10.5 Å². The number of aromatic nitrogens is 1. The van der Waals surface area contributed by atoms with Crippen LogP contribution in [-0.2, 0) is 16.1 Å². The summed E-state index contributed by atoms with van der Waals surface area (Å²) >= 11 is 0. The Balaban J connectivity index is 1.62. The van der Waals surface area contributed by atoms with E-state index in [0.717, 1.165) is 5.56 Å². The topological polar surface area (TPSA) is 90.7 Å². The van der Waals surface area contributed by atoms with Gasteiger partial charge in [-0.1, -0.05) is 47.6 Å². The summed E-state index contributed by atoms with van der Waals surface area (Å²) in [5, 5.41) is 6.20. The van der Waals surface area contributed by atoms with E-state index in [-0.39, 0.29) is 11.4 Å². The highest BCUT2D eigenvalue weighted by Gasteiger charge is 2.22. The van der Waals surface area contributed by atoms with Crippen LogP contribution in [0, 0.1) is 6.92 Å². The van der Waals surface area contributed by atoms with Gasteiger partial charge in [0, 0.05) is 6.07 Å². The molecule has 0 radical (unpaired) electrons. The van der Waals surface area contributed by atoms with Crippen LogP contribution in [0.5, 0.6) is 5.75 Å². The van der Waals surface area contributed by atoms with Gasteiger partial charge in [0.15, 0.2) is 11.9 Å². The summed E-state index contributed by atoms with van der Waals surface area (Å²) in [7, 11) is 0. The number of hydrogen-bond donors (Lipinski definition) is 1. The summed E-state index contributed by atoms with van der Waals surface area (Å²) in [6.45, 7) is 3.50. The van der Waals surface area contributed by atoms with Crippen LogP contribution in [0.4, 0.5) is 5.82 Å². The van der Waals surface area contributed by atoms with Crippen molar-refractivity contribution < 1.29 is 23.6 Å². The first-order valence-electron chi connectivity index (χ1n) is 8.74. The Morgan fingerprint density at radius 2 is 1.82 bits per heavy atom. The maximum absolute atomic E-state index is 12.5. The minimum absolute atomic E-state index is 0.246. The molecule has 0 fully saturated rings. The number of nitrogens with one attached hydrogen (secondary N) is 1. The average molecular weight is 380 g/mol. The van der Waals surface area contributed by atoms with Crippen LogP contribution in [0.25, 0.3) is 0 Å². The van der Waals surface area contributed by atoms with Crippen molar-refractivity contribution in [1.82, 2.24) is 5.16 Å². The minimum atomic E-state index is -1.02. The molecule has 0 aliphatic carbocycles. The number of nitrogens with zero attached hydrogens (tertiary/aromatic N) is 1. The van der Waals surface area contributed by atoms with Gasteiger partial charge in [-0.25, -0.2) is 4.79 Å². The molecule has 0 spiro atoms. The zero-order valence-electron chi connectivity index (χ0n) is 15.5. The van der Waals surface area contributed by atoms with E-state index in [1.54, 1.807) is 37.3 Å². The molecule has 1 unspecified atom stereocenters. The fourth-order valence-corrected chi connectivity index (χ4v) is 2.43. The second-order valence-corrected chi connectivity index (χ2v) is 6.13. The summed E-state index contributed by atoms with van der Waals surface area (Å²) in [5.41, 5.74) is 1.22. The number of anilines is 1. The van der Waals surface area contributed by atoms with Crippen molar-refractivity contribution in [2.24, 2.45) is 0 Å². The first-order chi connectivity index (χ1) is 13.5. The van der Waals surface area contributed by atoms with Crippen molar-refractivity contribution in [2.75, 3.05) is 5.32 Å². The molecule has 2 aromatic carbocycles. The van der Waals surface area contributed by atoms with E-state index in [1.807, 2.05) is 30.3 Å². The lowest BCUT2D eigenvalue weighted by Gasteiger charge is -2.14. The fourth-order valence-electron chi connectivity index (χ4n) is 2.43. The Kier molecular flexibility index (Phi) is 6.06. The predicted molar refractivity (Wildman–Crippen MR) is 102 cm³/mol. The molecule has 1 N–H and O–H groups in total. The van der Waals surface area contributed by atoms with Crippen molar-refractivity contribution in [1.29, 1.82) is 0 Å². The number of para-hydroxylation sites is 1. The van der Waals surface area contributed by atoms with Crippen LogP contribution in [0.3, 0.4) is 0 Å². The molecule has 1 heterocycles. The second-order valence-electron chi connectivity index (χ2n) is 6.13. The lowest BCUT2D eigenvalue weighted by Crippen LogP contribution is -2.30. The first kappa shape index (κ1) is 19.2. The molecule has 3 aromatic rings. The van der Waals surface area contributed by atoms with Gasteiger partial charge < -0.3 is 19.3 Å². The largest absolute Gasteiger partial charge is 0.488 e. The SMILES string of the molecule is Cc1cc(NC(=O)C(C)OC(=O)c2ccccc2OCc2ccccc2)no1. The van der Waals surface area contributed by atoms with Crippen LogP contribution in [0.2, 0.25) is 0 Å². The molecule has 0 aliphatic heterocycles. The molecule has 1 atom stereocenters. The molecule has 144 valence electrons. The number of esters is 1. The van der Waals surface area contributed by atoms with Crippen molar-refractivity contribution >= 4 is 17.7 Å². The molecular formula is C21H20N2O5. The Morgan fingerprint density at radius 3 is 2.54 bits per heavy atom. The highest BCUT2D eigenvalue weighted by atomic mass is 16.5. The number of hydrogen-bond acceptors (Lipinski definition) is 6. The summed E-state index contributed by atoms with van der Waals surface area (Å²) in [6.07, 6.45) is -1.02. The number of aryl methyl sites for hydroxylation is 1. The number of rotatable bonds is 7. The van der Waals surface area contributed by atoms with Crippen molar-refractivity contribution in [3.63, 3.8) is 0 Å². The van der Waals surface area contributed by atoms with E-state index in [9.17, 15) is 9.59 Å². The molecule has 1 amide bonds. The van der Waals surface area contributed by atoms with Gasteiger partial charge in [-0.2, -0.15) is 0 Å². The highest BCUT2D eigenvalue weighted by molar-refractivity contribution is 5.97. The van der Waals surface area contributed by atoms with Gasteiger partial charge in [-0.05, 0) is 31.5 Å². The summed E-state index contributed by atoms with van der Waals surface area (Å²) < 4.78 is 15.9. The van der Waals surface area contributed by atoms with Gasteiger partial charge in [0.1, 0.15) is 23.7 Å². The fraction of sp³-hybridized carbons (Fsp3) is 0.190. The highest BCUT2D eigenvalue weighted by Crippen LogP contribution is 2.21. The van der Waals surface area contributed by atoms with Gasteiger partial charge in [0.25, 0.3) is 5.91 Å². The van der Waals surface area contributed by atoms with Crippen molar-refractivity contribution in [3.05, 3.63) is 77.6 Å². The second kappa shape index (κ2) is 8.85. The van der Waals surface area contributed by atoms with E-state index >= 15 is 0 Å². The zero-order chi connectivity index (χ0) is 19.9. The number of benzene rings is 2. The van der Waals surface area contributed by atoms with Crippen LogP contribution < -0.4 is 10.1 Å². The van der Waals surface area contributed by atoms with Crippen molar-refractivity contribution in [2.45, 2.75) is 26.6 Å².